The summed E-state index contributed by atoms with van der Waals surface area (Å²) in [5.41, 5.74) is 2.29. The zero-order valence-corrected chi connectivity index (χ0v) is 16.7. The fraction of sp³-hybridized carbons (Fsp3) is 0.364. The Bertz CT molecular complexity index is 1000. The van der Waals surface area contributed by atoms with Gasteiger partial charge in [0.25, 0.3) is 0 Å². The second-order valence-electron chi connectivity index (χ2n) is 7.86. The van der Waals surface area contributed by atoms with Crippen molar-refractivity contribution in [1.82, 2.24) is 19.7 Å². The summed E-state index contributed by atoms with van der Waals surface area (Å²) in [7, 11) is 2.03. The number of hydrogen-bond donors (Lipinski definition) is 0. The Morgan fingerprint density at radius 2 is 1.89 bits per heavy atom. The van der Waals surface area contributed by atoms with Crippen LogP contribution in [0.15, 0.2) is 48.5 Å². The first-order valence-electron chi connectivity index (χ1n) is 9.75. The van der Waals surface area contributed by atoms with Crippen LogP contribution in [0.25, 0.3) is 11.4 Å². The van der Waals surface area contributed by atoms with Gasteiger partial charge in [-0.05, 0) is 48.7 Å². The zero-order valence-electron chi connectivity index (χ0n) is 15.9. The second kappa shape index (κ2) is 6.90. The van der Waals surface area contributed by atoms with E-state index in [2.05, 4.69) is 43.9 Å². The van der Waals surface area contributed by atoms with Gasteiger partial charge in [-0.2, -0.15) is 0 Å². The van der Waals surface area contributed by atoms with E-state index >= 15 is 0 Å². The Labute approximate surface area is 169 Å². The summed E-state index contributed by atoms with van der Waals surface area (Å²) in [6.45, 7) is 2.74. The van der Waals surface area contributed by atoms with Gasteiger partial charge in [0.15, 0.2) is 5.82 Å². The van der Waals surface area contributed by atoms with Crippen molar-refractivity contribution in [2.45, 2.75) is 31.4 Å². The molecular weight excluding hydrogens is 372 g/mol. The van der Waals surface area contributed by atoms with Crippen LogP contribution in [0, 0.1) is 0 Å². The molecule has 1 fully saturated rings. The summed E-state index contributed by atoms with van der Waals surface area (Å²) in [4.78, 5) is 2.43. The van der Waals surface area contributed by atoms with Crippen LogP contribution in [0.5, 0.6) is 5.75 Å². The maximum Gasteiger partial charge on any atom is 0.163 e. The first-order valence-corrected chi connectivity index (χ1v) is 10.1. The quantitative estimate of drug-likeness (QED) is 0.670. The molecular formula is C22H23ClN4O. The number of nitrogens with zero attached hydrogens (tertiary/aromatic N) is 4. The maximum absolute atomic E-state index is 6.47. The summed E-state index contributed by atoms with van der Waals surface area (Å²) in [6, 6.07) is 16.1. The molecule has 1 atom stereocenters. The van der Waals surface area contributed by atoms with E-state index in [1.807, 2.05) is 31.3 Å². The van der Waals surface area contributed by atoms with Crippen LogP contribution >= 0.6 is 11.6 Å². The molecule has 0 N–H and O–H groups in total. The Hall–Kier alpha value is -2.37. The molecule has 0 bridgehead atoms. The van der Waals surface area contributed by atoms with Gasteiger partial charge in [0.05, 0.1) is 6.54 Å². The minimum absolute atomic E-state index is 0.0635. The SMILES string of the molecule is Cn1c(CN2CCC3(CCc4ccccc4O3)C2)nnc1-c1ccc(Cl)cc1. The van der Waals surface area contributed by atoms with Crippen molar-refractivity contribution in [2.75, 3.05) is 13.1 Å². The van der Waals surface area contributed by atoms with Crippen molar-refractivity contribution in [1.29, 1.82) is 0 Å². The van der Waals surface area contributed by atoms with Crippen molar-refractivity contribution in [3.63, 3.8) is 0 Å². The predicted octanol–water partition coefficient (Wildman–Crippen LogP) is 4.11. The number of ether oxygens (including phenoxy) is 1. The number of likely N-dealkylation sites (tertiary alicyclic amines) is 1. The standard InChI is InChI=1S/C22H23ClN4O/c1-26-20(24-25-21(26)17-6-8-18(23)9-7-17)14-27-13-12-22(15-27)11-10-16-4-2-3-5-19(16)28-22/h2-9H,10-15H2,1H3. The highest BCUT2D eigenvalue weighted by molar-refractivity contribution is 6.30. The van der Waals surface area contributed by atoms with Crippen LogP contribution in [0.3, 0.4) is 0 Å². The van der Waals surface area contributed by atoms with E-state index < -0.39 is 0 Å². The van der Waals surface area contributed by atoms with Crippen molar-refractivity contribution in [3.05, 3.63) is 64.9 Å². The third-order valence-electron chi connectivity index (χ3n) is 5.98. The van der Waals surface area contributed by atoms with Gasteiger partial charge in [-0.25, -0.2) is 0 Å². The van der Waals surface area contributed by atoms with E-state index in [4.69, 9.17) is 16.3 Å². The normalized spacial score (nSPS) is 21.6. The summed E-state index contributed by atoms with van der Waals surface area (Å²) in [6.07, 6.45) is 3.23. The van der Waals surface area contributed by atoms with Gasteiger partial charge in [0, 0.05) is 37.1 Å². The van der Waals surface area contributed by atoms with E-state index in [1.54, 1.807) is 0 Å². The highest BCUT2D eigenvalue weighted by atomic mass is 35.5. The lowest BCUT2D eigenvalue weighted by Crippen LogP contribution is -2.42. The number of aromatic nitrogens is 3. The number of benzene rings is 2. The van der Waals surface area contributed by atoms with Gasteiger partial charge in [-0.1, -0.05) is 29.8 Å². The van der Waals surface area contributed by atoms with E-state index in [-0.39, 0.29) is 5.60 Å². The highest BCUT2D eigenvalue weighted by Gasteiger charge is 2.42. The summed E-state index contributed by atoms with van der Waals surface area (Å²) >= 11 is 6.00. The second-order valence-corrected chi connectivity index (χ2v) is 8.30. The number of fused-ring (bicyclic) bond motifs is 1. The van der Waals surface area contributed by atoms with E-state index in [0.29, 0.717) is 0 Å². The van der Waals surface area contributed by atoms with Crippen LogP contribution in [0.2, 0.25) is 5.02 Å². The van der Waals surface area contributed by atoms with Gasteiger partial charge in [0.1, 0.15) is 17.2 Å². The molecule has 0 aliphatic carbocycles. The van der Waals surface area contributed by atoms with Crippen LogP contribution in [0.4, 0.5) is 0 Å². The third-order valence-corrected chi connectivity index (χ3v) is 6.23. The molecule has 1 unspecified atom stereocenters. The molecule has 3 aromatic rings. The lowest BCUT2D eigenvalue weighted by molar-refractivity contribution is 0.0533. The lowest BCUT2D eigenvalue weighted by atomic mass is 9.90. The Kier molecular flexibility index (Phi) is 4.37. The molecule has 144 valence electrons. The van der Waals surface area contributed by atoms with Crippen LogP contribution in [-0.4, -0.2) is 38.4 Å². The number of aryl methyl sites for hydroxylation is 1. The fourth-order valence-electron chi connectivity index (χ4n) is 4.36. The van der Waals surface area contributed by atoms with Gasteiger partial charge in [-0.3, -0.25) is 4.90 Å². The number of hydrogen-bond acceptors (Lipinski definition) is 4. The summed E-state index contributed by atoms with van der Waals surface area (Å²) < 4.78 is 8.54. The smallest absolute Gasteiger partial charge is 0.163 e. The largest absolute Gasteiger partial charge is 0.486 e. The lowest BCUT2D eigenvalue weighted by Gasteiger charge is -2.35. The molecule has 5 rings (SSSR count). The molecule has 1 spiro atoms. The molecule has 2 aromatic carbocycles. The molecule has 0 amide bonds. The molecule has 28 heavy (non-hydrogen) atoms. The minimum Gasteiger partial charge on any atom is -0.486 e. The molecule has 3 heterocycles. The maximum atomic E-state index is 6.47. The highest BCUT2D eigenvalue weighted by Crippen LogP contribution is 2.38. The average molecular weight is 395 g/mol. The molecule has 5 nitrogen and oxygen atoms in total. The Morgan fingerprint density at radius 1 is 1.07 bits per heavy atom. The number of halogens is 1. The first-order chi connectivity index (χ1) is 13.6. The molecule has 0 radical (unpaired) electrons. The molecule has 1 aromatic heterocycles. The topological polar surface area (TPSA) is 43.2 Å². The molecule has 2 aliphatic rings. The first kappa shape index (κ1) is 17.7. The monoisotopic (exact) mass is 394 g/mol. The van der Waals surface area contributed by atoms with E-state index in [1.165, 1.54) is 5.56 Å². The van der Waals surface area contributed by atoms with Crippen molar-refractivity contribution in [2.24, 2.45) is 7.05 Å². The molecule has 0 saturated carbocycles. The fourth-order valence-corrected chi connectivity index (χ4v) is 4.48. The van der Waals surface area contributed by atoms with Gasteiger partial charge in [0.2, 0.25) is 0 Å². The van der Waals surface area contributed by atoms with E-state index in [9.17, 15) is 0 Å². The predicted molar refractivity (Wildman–Crippen MR) is 109 cm³/mol. The number of rotatable bonds is 3. The average Bonchev–Trinajstić information content (AvgIpc) is 3.27. The van der Waals surface area contributed by atoms with Crippen molar-refractivity contribution in [3.8, 4) is 17.1 Å². The minimum atomic E-state index is -0.0635. The van der Waals surface area contributed by atoms with Crippen molar-refractivity contribution >= 4 is 11.6 Å². The zero-order chi connectivity index (χ0) is 19.1. The molecule has 2 aliphatic heterocycles. The van der Waals surface area contributed by atoms with Crippen LogP contribution < -0.4 is 4.74 Å². The van der Waals surface area contributed by atoms with Crippen LogP contribution in [0.1, 0.15) is 24.2 Å². The van der Waals surface area contributed by atoms with E-state index in [0.717, 1.165) is 66.9 Å². The molecule has 1 saturated heterocycles. The number of para-hydroxylation sites is 1. The van der Waals surface area contributed by atoms with Crippen LogP contribution in [-0.2, 0) is 20.0 Å². The van der Waals surface area contributed by atoms with Gasteiger partial charge in [-0.15, -0.1) is 10.2 Å². The third kappa shape index (κ3) is 3.19. The molecule has 6 heteroatoms. The van der Waals surface area contributed by atoms with Crippen molar-refractivity contribution < 1.29 is 4.74 Å². The van der Waals surface area contributed by atoms with Gasteiger partial charge >= 0.3 is 0 Å². The summed E-state index contributed by atoms with van der Waals surface area (Å²) in [5.74, 6) is 2.89. The Morgan fingerprint density at radius 3 is 2.75 bits per heavy atom. The summed E-state index contributed by atoms with van der Waals surface area (Å²) in [5, 5.41) is 9.57. The van der Waals surface area contributed by atoms with Gasteiger partial charge < -0.3 is 9.30 Å². The Balaban J connectivity index is 1.30.